The van der Waals surface area contributed by atoms with E-state index in [0.29, 0.717) is 19.7 Å². The number of rotatable bonds is 5. The average molecular weight is 308 g/mol. The number of carbonyl (C=O) groups excluding carboxylic acids is 1. The number of urea groups is 1. The molecule has 1 atom stereocenters. The summed E-state index contributed by atoms with van der Waals surface area (Å²) in [6.45, 7) is 11.0. The number of nitrogens with zero attached hydrogens (tertiary/aromatic N) is 3. The molecule has 0 radical (unpaired) electrons. The van der Waals surface area contributed by atoms with Crippen LogP contribution in [0.2, 0.25) is 0 Å². The molecule has 1 fully saturated rings. The van der Waals surface area contributed by atoms with Gasteiger partial charge in [0.05, 0.1) is 36.3 Å². The summed E-state index contributed by atoms with van der Waals surface area (Å²) in [6, 6.07) is -0.0684. The molecule has 2 rings (SSSR count). The molecule has 2 heterocycles. The molecule has 0 spiro atoms. The molecule has 1 aliphatic rings. The lowest BCUT2D eigenvalue weighted by Crippen LogP contribution is -2.53. The van der Waals surface area contributed by atoms with E-state index in [4.69, 9.17) is 4.74 Å². The summed E-state index contributed by atoms with van der Waals surface area (Å²) >= 11 is 0. The van der Waals surface area contributed by atoms with Crippen LogP contribution in [-0.2, 0) is 11.3 Å². The minimum Gasteiger partial charge on any atom is -0.372 e. The summed E-state index contributed by atoms with van der Waals surface area (Å²) in [5.74, 6) is 0. The Balaban J connectivity index is 1.98. The zero-order chi connectivity index (χ0) is 16.2. The SMILES string of the molecule is CCCCn1ncc(NC(=O)N2CCO[C@](C)(CC)C2)c1C. The summed E-state index contributed by atoms with van der Waals surface area (Å²) in [6.07, 6.45) is 4.85. The van der Waals surface area contributed by atoms with Crippen LogP contribution in [0, 0.1) is 6.92 Å². The lowest BCUT2D eigenvalue weighted by molar-refractivity contribution is -0.0860. The van der Waals surface area contributed by atoms with E-state index < -0.39 is 0 Å². The number of hydrogen-bond acceptors (Lipinski definition) is 3. The topological polar surface area (TPSA) is 59.4 Å². The highest BCUT2D eigenvalue weighted by Crippen LogP contribution is 2.22. The third kappa shape index (κ3) is 3.80. The van der Waals surface area contributed by atoms with E-state index >= 15 is 0 Å². The molecule has 0 saturated carbocycles. The first-order chi connectivity index (χ1) is 10.5. The molecule has 6 nitrogen and oxygen atoms in total. The van der Waals surface area contributed by atoms with E-state index in [-0.39, 0.29) is 11.6 Å². The first-order valence-corrected chi connectivity index (χ1v) is 8.21. The maximum atomic E-state index is 12.5. The zero-order valence-corrected chi connectivity index (χ0v) is 14.2. The van der Waals surface area contributed by atoms with Crippen LogP contribution in [0.25, 0.3) is 0 Å². The minimum absolute atomic E-state index is 0.0684. The van der Waals surface area contributed by atoms with Gasteiger partial charge < -0.3 is 15.0 Å². The third-order valence-corrected chi connectivity index (χ3v) is 4.44. The van der Waals surface area contributed by atoms with E-state index in [1.54, 1.807) is 6.20 Å². The molecule has 124 valence electrons. The number of aromatic nitrogens is 2. The smallest absolute Gasteiger partial charge is 0.322 e. The lowest BCUT2D eigenvalue weighted by atomic mass is 10.0. The van der Waals surface area contributed by atoms with Gasteiger partial charge in [-0.1, -0.05) is 20.3 Å². The van der Waals surface area contributed by atoms with Crippen molar-refractivity contribution in [1.29, 1.82) is 0 Å². The molecule has 0 aliphatic carbocycles. The molecule has 1 saturated heterocycles. The lowest BCUT2D eigenvalue weighted by Gasteiger charge is -2.39. The Morgan fingerprint density at radius 1 is 1.50 bits per heavy atom. The molecule has 1 N–H and O–H groups in total. The van der Waals surface area contributed by atoms with Crippen molar-refractivity contribution in [3.05, 3.63) is 11.9 Å². The van der Waals surface area contributed by atoms with Gasteiger partial charge in [-0.15, -0.1) is 0 Å². The minimum atomic E-state index is -0.240. The molecular weight excluding hydrogens is 280 g/mol. The van der Waals surface area contributed by atoms with Crippen LogP contribution in [0.4, 0.5) is 10.5 Å². The predicted octanol–water partition coefficient (Wildman–Crippen LogP) is 3.02. The van der Waals surface area contributed by atoms with Crippen molar-refractivity contribution < 1.29 is 9.53 Å². The number of nitrogens with one attached hydrogen (secondary N) is 1. The predicted molar refractivity (Wildman–Crippen MR) is 87.1 cm³/mol. The standard InChI is InChI=1S/C16H28N4O2/c1-5-7-8-20-13(3)14(11-17-20)18-15(21)19-9-10-22-16(4,6-2)12-19/h11H,5-10,12H2,1-4H3,(H,18,21)/t16-/m1/s1. The maximum absolute atomic E-state index is 12.5. The van der Waals surface area contributed by atoms with E-state index in [1.807, 2.05) is 16.5 Å². The number of hydrogen-bond donors (Lipinski definition) is 1. The molecule has 1 aliphatic heterocycles. The highest BCUT2D eigenvalue weighted by atomic mass is 16.5. The average Bonchev–Trinajstić information content (AvgIpc) is 2.86. The fourth-order valence-corrected chi connectivity index (χ4v) is 2.61. The van der Waals surface area contributed by atoms with Crippen LogP contribution in [0.1, 0.15) is 45.7 Å². The first-order valence-electron chi connectivity index (χ1n) is 8.21. The van der Waals surface area contributed by atoms with Gasteiger partial charge >= 0.3 is 6.03 Å². The zero-order valence-electron chi connectivity index (χ0n) is 14.2. The Morgan fingerprint density at radius 3 is 2.95 bits per heavy atom. The van der Waals surface area contributed by atoms with Crippen LogP contribution in [0.15, 0.2) is 6.20 Å². The van der Waals surface area contributed by atoms with Gasteiger partial charge in [0.1, 0.15) is 0 Å². The normalized spacial score (nSPS) is 21.9. The summed E-state index contributed by atoms with van der Waals surface area (Å²) in [5, 5.41) is 7.34. The Morgan fingerprint density at radius 2 is 2.27 bits per heavy atom. The number of carbonyl (C=O) groups is 1. The molecule has 1 aromatic rings. The number of amides is 2. The van der Waals surface area contributed by atoms with Crippen LogP contribution >= 0.6 is 0 Å². The highest BCUT2D eigenvalue weighted by Gasteiger charge is 2.32. The second kappa shape index (κ2) is 7.13. The van der Waals surface area contributed by atoms with Gasteiger partial charge in [0.25, 0.3) is 0 Å². The van der Waals surface area contributed by atoms with Crippen molar-refractivity contribution in [3.63, 3.8) is 0 Å². The van der Waals surface area contributed by atoms with Crippen molar-refractivity contribution in [2.75, 3.05) is 25.0 Å². The monoisotopic (exact) mass is 308 g/mol. The Labute approximate surface area is 132 Å². The maximum Gasteiger partial charge on any atom is 0.322 e. The number of anilines is 1. The Bertz CT molecular complexity index is 514. The molecular formula is C16H28N4O2. The first kappa shape index (κ1) is 16.8. The molecule has 6 heteroatoms. The van der Waals surface area contributed by atoms with Gasteiger partial charge in [0, 0.05) is 13.1 Å². The molecule has 22 heavy (non-hydrogen) atoms. The molecule has 0 aromatic carbocycles. The van der Waals surface area contributed by atoms with Crippen LogP contribution < -0.4 is 5.32 Å². The largest absolute Gasteiger partial charge is 0.372 e. The number of ether oxygens (including phenoxy) is 1. The number of morpholine rings is 1. The van der Waals surface area contributed by atoms with Gasteiger partial charge in [-0.3, -0.25) is 4.68 Å². The van der Waals surface area contributed by atoms with Gasteiger partial charge in [-0.25, -0.2) is 4.79 Å². The Kier molecular flexibility index (Phi) is 5.45. The van der Waals surface area contributed by atoms with E-state index in [0.717, 1.165) is 37.2 Å². The summed E-state index contributed by atoms with van der Waals surface area (Å²) in [5.41, 5.74) is 1.56. The fourth-order valence-electron chi connectivity index (χ4n) is 2.61. The summed E-state index contributed by atoms with van der Waals surface area (Å²) in [4.78, 5) is 14.3. The second-order valence-corrected chi connectivity index (χ2v) is 6.22. The van der Waals surface area contributed by atoms with Crippen molar-refractivity contribution in [1.82, 2.24) is 14.7 Å². The van der Waals surface area contributed by atoms with Gasteiger partial charge in [-0.2, -0.15) is 5.10 Å². The highest BCUT2D eigenvalue weighted by molar-refractivity contribution is 5.89. The van der Waals surface area contributed by atoms with E-state index in [2.05, 4.69) is 31.2 Å². The second-order valence-electron chi connectivity index (χ2n) is 6.22. The van der Waals surface area contributed by atoms with Crippen molar-refractivity contribution >= 4 is 11.7 Å². The van der Waals surface area contributed by atoms with Crippen LogP contribution in [0.5, 0.6) is 0 Å². The molecule has 0 unspecified atom stereocenters. The van der Waals surface area contributed by atoms with Crippen LogP contribution in [0.3, 0.4) is 0 Å². The van der Waals surface area contributed by atoms with Gasteiger partial charge in [-0.05, 0) is 26.7 Å². The Hall–Kier alpha value is -1.56. The summed E-state index contributed by atoms with van der Waals surface area (Å²) < 4.78 is 7.73. The van der Waals surface area contributed by atoms with Gasteiger partial charge in [0.2, 0.25) is 0 Å². The van der Waals surface area contributed by atoms with Crippen LogP contribution in [-0.4, -0.2) is 46.0 Å². The van der Waals surface area contributed by atoms with E-state index in [1.165, 1.54) is 0 Å². The van der Waals surface area contributed by atoms with Crippen molar-refractivity contribution in [2.24, 2.45) is 0 Å². The molecule has 1 aromatic heterocycles. The summed E-state index contributed by atoms with van der Waals surface area (Å²) in [7, 11) is 0. The third-order valence-electron chi connectivity index (χ3n) is 4.44. The van der Waals surface area contributed by atoms with Gasteiger partial charge in [0.15, 0.2) is 0 Å². The number of aryl methyl sites for hydroxylation is 1. The van der Waals surface area contributed by atoms with Crippen molar-refractivity contribution in [3.8, 4) is 0 Å². The van der Waals surface area contributed by atoms with Crippen molar-refractivity contribution in [2.45, 2.75) is 59.1 Å². The quantitative estimate of drug-likeness (QED) is 0.909. The number of unbranched alkanes of at least 4 members (excludes halogenated alkanes) is 1. The van der Waals surface area contributed by atoms with E-state index in [9.17, 15) is 4.79 Å². The fraction of sp³-hybridized carbons (Fsp3) is 0.750. The molecule has 2 amide bonds. The molecule has 0 bridgehead atoms.